The van der Waals surface area contributed by atoms with Crippen LogP contribution in [-0.2, 0) is 11.2 Å². The van der Waals surface area contributed by atoms with E-state index in [4.69, 9.17) is 0 Å². The van der Waals surface area contributed by atoms with E-state index in [1.54, 1.807) is 29.4 Å². The summed E-state index contributed by atoms with van der Waals surface area (Å²) in [4.78, 5) is 36.6. The zero-order valence-corrected chi connectivity index (χ0v) is 18.3. The van der Waals surface area contributed by atoms with Crippen LogP contribution < -0.4 is 5.32 Å². The minimum absolute atomic E-state index is 0.00491. The molecule has 4 rings (SSSR count). The van der Waals surface area contributed by atoms with Gasteiger partial charge in [-0.25, -0.2) is 0 Å². The van der Waals surface area contributed by atoms with Crippen LogP contribution in [-0.4, -0.2) is 46.3 Å². The number of piperidine rings is 1. The number of rotatable bonds is 6. The Hall–Kier alpha value is -3.54. The Morgan fingerprint density at radius 2 is 1.94 bits per heavy atom. The summed E-state index contributed by atoms with van der Waals surface area (Å²) in [6.45, 7) is 3.50. The van der Waals surface area contributed by atoms with E-state index < -0.39 is 5.41 Å². The maximum Gasteiger partial charge on any atom is 0.272 e. The van der Waals surface area contributed by atoms with Gasteiger partial charge >= 0.3 is 0 Å². The standard InChI is InChI=1S/C26H28N4O2/c1-2-28-25(32)26(12-7-15-30(19-26)24(31)23-11-3-4-14-29-23)17-20-8-5-9-21(16-20)22-10-6-13-27-18-22/h3-6,8-11,13-14,16,18H,2,7,12,15,17,19H2,1H3,(H,28,32). The summed E-state index contributed by atoms with van der Waals surface area (Å²) in [5.74, 6) is -0.117. The molecule has 1 unspecified atom stereocenters. The fourth-order valence-corrected chi connectivity index (χ4v) is 4.50. The van der Waals surface area contributed by atoms with Gasteiger partial charge in [0.05, 0.1) is 5.41 Å². The van der Waals surface area contributed by atoms with Crippen LogP contribution in [0.2, 0.25) is 0 Å². The van der Waals surface area contributed by atoms with E-state index in [2.05, 4.69) is 33.5 Å². The second-order valence-electron chi connectivity index (χ2n) is 8.30. The summed E-state index contributed by atoms with van der Waals surface area (Å²) in [6.07, 6.45) is 7.30. The number of hydrogen-bond acceptors (Lipinski definition) is 4. The monoisotopic (exact) mass is 428 g/mol. The highest BCUT2D eigenvalue weighted by molar-refractivity contribution is 5.93. The van der Waals surface area contributed by atoms with Crippen molar-refractivity contribution in [2.24, 2.45) is 5.41 Å². The van der Waals surface area contributed by atoms with E-state index >= 15 is 0 Å². The highest BCUT2D eigenvalue weighted by atomic mass is 16.2. The summed E-state index contributed by atoms with van der Waals surface area (Å²) in [5.41, 5.74) is 2.92. The number of carbonyl (C=O) groups excluding carboxylic acids is 2. The van der Waals surface area contributed by atoms with Gasteiger partial charge in [-0.2, -0.15) is 0 Å². The molecule has 1 fully saturated rings. The van der Waals surface area contributed by atoms with Gasteiger partial charge in [-0.15, -0.1) is 0 Å². The molecule has 164 valence electrons. The molecule has 32 heavy (non-hydrogen) atoms. The van der Waals surface area contributed by atoms with Crippen molar-refractivity contribution >= 4 is 11.8 Å². The number of hydrogen-bond donors (Lipinski definition) is 1. The number of aromatic nitrogens is 2. The van der Waals surface area contributed by atoms with Crippen LogP contribution in [0.25, 0.3) is 11.1 Å². The zero-order chi connectivity index (χ0) is 22.4. The molecule has 0 aliphatic carbocycles. The summed E-state index contributed by atoms with van der Waals surface area (Å²) < 4.78 is 0. The first kappa shape index (κ1) is 21.7. The molecule has 6 heteroatoms. The number of nitrogens with zero attached hydrogens (tertiary/aromatic N) is 3. The lowest BCUT2D eigenvalue weighted by molar-refractivity contribution is -0.133. The average Bonchev–Trinajstić information content (AvgIpc) is 2.85. The number of pyridine rings is 2. The predicted molar refractivity (Wildman–Crippen MR) is 124 cm³/mol. The molecule has 2 aromatic heterocycles. The van der Waals surface area contributed by atoms with E-state index in [0.717, 1.165) is 29.5 Å². The largest absolute Gasteiger partial charge is 0.356 e. The Balaban J connectivity index is 1.62. The van der Waals surface area contributed by atoms with Gasteiger partial charge in [0.25, 0.3) is 5.91 Å². The van der Waals surface area contributed by atoms with Crippen molar-refractivity contribution in [1.82, 2.24) is 20.2 Å². The summed E-state index contributed by atoms with van der Waals surface area (Å²) in [7, 11) is 0. The van der Waals surface area contributed by atoms with Gasteiger partial charge in [0.1, 0.15) is 5.69 Å². The van der Waals surface area contributed by atoms with Crippen molar-refractivity contribution in [2.45, 2.75) is 26.2 Å². The molecular weight excluding hydrogens is 400 g/mol. The average molecular weight is 429 g/mol. The Morgan fingerprint density at radius 1 is 1.06 bits per heavy atom. The fourth-order valence-electron chi connectivity index (χ4n) is 4.50. The number of nitrogens with one attached hydrogen (secondary N) is 1. The Kier molecular flexibility index (Phi) is 6.59. The Labute approximate surface area is 188 Å². The van der Waals surface area contributed by atoms with E-state index in [1.165, 1.54) is 0 Å². The van der Waals surface area contributed by atoms with Crippen molar-refractivity contribution in [3.8, 4) is 11.1 Å². The number of carbonyl (C=O) groups is 2. The fraction of sp³-hybridized carbons (Fsp3) is 0.308. The molecule has 3 aromatic rings. The molecule has 1 atom stereocenters. The molecule has 1 saturated heterocycles. The minimum atomic E-state index is -0.674. The van der Waals surface area contributed by atoms with Crippen molar-refractivity contribution in [3.63, 3.8) is 0 Å². The van der Waals surface area contributed by atoms with Crippen LogP contribution >= 0.6 is 0 Å². The maximum atomic E-state index is 13.3. The van der Waals surface area contributed by atoms with Gasteiger partial charge in [0.15, 0.2) is 0 Å². The summed E-state index contributed by atoms with van der Waals surface area (Å²) >= 11 is 0. The molecule has 0 bridgehead atoms. The number of benzene rings is 1. The summed E-state index contributed by atoms with van der Waals surface area (Å²) in [5, 5.41) is 3.02. The highest BCUT2D eigenvalue weighted by Gasteiger charge is 2.43. The van der Waals surface area contributed by atoms with Crippen LogP contribution in [0.3, 0.4) is 0 Å². The SMILES string of the molecule is CCNC(=O)C1(Cc2cccc(-c3cccnc3)c2)CCCN(C(=O)c2ccccn2)C1. The first-order valence-electron chi connectivity index (χ1n) is 11.1. The third kappa shape index (κ3) is 4.69. The molecule has 2 amide bonds. The van der Waals surface area contributed by atoms with Crippen LogP contribution in [0.4, 0.5) is 0 Å². The molecule has 0 saturated carbocycles. The van der Waals surface area contributed by atoms with E-state index in [-0.39, 0.29) is 11.8 Å². The van der Waals surface area contributed by atoms with E-state index in [9.17, 15) is 9.59 Å². The normalized spacial score (nSPS) is 18.2. The van der Waals surface area contributed by atoms with Gasteiger partial charge in [-0.1, -0.05) is 36.4 Å². The molecule has 6 nitrogen and oxygen atoms in total. The first-order chi connectivity index (χ1) is 15.6. The Morgan fingerprint density at radius 3 is 2.69 bits per heavy atom. The van der Waals surface area contributed by atoms with E-state index in [1.807, 2.05) is 37.4 Å². The number of amides is 2. The molecule has 1 N–H and O–H groups in total. The third-order valence-corrected chi connectivity index (χ3v) is 6.03. The van der Waals surface area contributed by atoms with Gasteiger partial charge in [-0.3, -0.25) is 19.6 Å². The maximum absolute atomic E-state index is 13.3. The lowest BCUT2D eigenvalue weighted by Gasteiger charge is -2.41. The van der Waals surface area contributed by atoms with Gasteiger partial charge in [0.2, 0.25) is 5.91 Å². The molecule has 1 aromatic carbocycles. The van der Waals surface area contributed by atoms with Gasteiger partial charge in [0, 0.05) is 38.2 Å². The molecule has 0 spiro atoms. The van der Waals surface area contributed by atoms with Gasteiger partial charge < -0.3 is 10.2 Å². The van der Waals surface area contributed by atoms with Crippen LogP contribution in [0, 0.1) is 5.41 Å². The molecule has 3 heterocycles. The molecular formula is C26H28N4O2. The minimum Gasteiger partial charge on any atom is -0.356 e. The van der Waals surface area contributed by atoms with Gasteiger partial charge in [-0.05, 0) is 61.1 Å². The van der Waals surface area contributed by atoms with Crippen LogP contribution in [0.5, 0.6) is 0 Å². The lowest BCUT2D eigenvalue weighted by Crippen LogP contribution is -2.54. The Bertz CT molecular complexity index is 1070. The van der Waals surface area contributed by atoms with Crippen LogP contribution in [0.1, 0.15) is 35.8 Å². The number of likely N-dealkylation sites (tertiary alicyclic amines) is 1. The molecule has 0 radical (unpaired) electrons. The second-order valence-corrected chi connectivity index (χ2v) is 8.30. The van der Waals surface area contributed by atoms with Crippen molar-refractivity contribution in [1.29, 1.82) is 0 Å². The smallest absolute Gasteiger partial charge is 0.272 e. The van der Waals surface area contributed by atoms with Crippen LogP contribution in [0.15, 0.2) is 73.2 Å². The zero-order valence-electron chi connectivity index (χ0n) is 18.3. The van der Waals surface area contributed by atoms with Crippen molar-refractivity contribution in [3.05, 3.63) is 84.4 Å². The van der Waals surface area contributed by atoms with Crippen molar-refractivity contribution in [2.75, 3.05) is 19.6 Å². The summed E-state index contributed by atoms with van der Waals surface area (Å²) in [6, 6.07) is 17.5. The van der Waals surface area contributed by atoms with Crippen molar-refractivity contribution < 1.29 is 9.59 Å². The topological polar surface area (TPSA) is 75.2 Å². The lowest BCUT2D eigenvalue weighted by atomic mass is 9.74. The quantitative estimate of drug-likeness (QED) is 0.649. The molecule has 1 aliphatic rings. The highest BCUT2D eigenvalue weighted by Crippen LogP contribution is 2.35. The second kappa shape index (κ2) is 9.73. The van der Waals surface area contributed by atoms with E-state index in [0.29, 0.717) is 31.7 Å². The predicted octanol–water partition coefficient (Wildman–Crippen LogP) is 3.74. The third-order valence-electron chi connectivity index (χ3n) is 6.03. The first-order valence-corrected chi connectivity index (χ1v) is 11.1. The molecule has 1 aliphatic heterocycles.